The molecule has 2 heterocycles. The smallest absolute Gasteiger partial charge is 0.175 e. The molecule has 0 saturated heterocycles. The number of rotatable bonds is 3. The van der Waals surface area contributed by atoms with Crippen LogP contribution in [-0.4, -0.2) is 4.98 Å². The second kappa shape index (κ2) is 5.98. The Morgan fingerprint density at radius 1 is 0.905 bits per heavy atom. The zero-order valence-electron chi connectivity index (χ0n) is 11.5. The monoisotopic (exact) mass is 272 g/mol. The van der Waals surface area contributed by atoms with E-state index in [9.17, 15) is 0 Å². The molecular weight excluding hydrogens is 258 g/mol. The second-order valence-corrected chi connectivity index (χ2v) is 4.76. The van der Waals surface area contributed by atoms with E-state index in [0.717, 1.165) is 22.3 Å². The molecule has 0 N–H and O–H groups in total. The Morgan fingerprint density at radius 2 is 1.57 bits per heavy atom. The van der Waals surface area contributed by atoms with Crippen molar-refractivity contribution in [1.82, 2.24) is 4.98 Å². The molecule has 0 aliphatic heterocycles. The van der Waals surface area contributed by atoms with Crippen molar-refractivity contribution in [2.45, 2.75) is 6.54 Å². The van der Waals surface area contributed by atoms with Crippen molar-refractivity contribution in [3.63, 3.8) is 0 Å². The summed E-state index contributed by atoms with van der Waals surface area (Å²) in [5.41, 5.74) is 4.06. The van der Waals surface area contributed by atoms with Crippen LogP contribution in [0, 0.1) is 11.3 Å². The molecule has 0 saturated carbocycles. The molecule has 0 aliphatic carbocycles. The van der Waals surface area contributed by atoms with Gasteiger partial charge < -0.3 is 0 Å². The number of nitrogens with zero attached hydrogens (tertiary/aromatic N) is 3. The highest BCUT2D eigenvalue weighted by molar-refractivity contribution is 5.61. The zero-order valence-corrected chi connectivity index (χ0v) is 11.5. The molecule has 21 heavy (non-hydrogen) atoms. The third kappa shape index (κ3) is 2.96. The van der Waals surface area contributed by atoms with Crippen LogP contribution in [0.5, 0.6) is 0 Å². The topological polar surface area (TPSA) is 40.6 Å². The second-order valence-electron chi connectivity index (χ2n) is 4.76. The molecule has 0 unspecified atom stereocenters. The van der Waals surface area contributed by atoms with Crippen molar-refractivity contribution >= 4 is 0 Å². The van der Waals surface area contributed by atoms with Crippen molar-refractivity contribution in [2.24, 2.45) is 0 Å². The average molecular weight is 272 g/mol. The first kappa shape index (κ1) is 13.0. The lowest BCUT2D eigenvalue weighted by atomic mass is 10.1. The van der Waals surface area contributed by atoms with Gasteiger partial charge in [-0.1, -0.05) is 18.2 Å². The minimum Gasteiger partial charge on any atom is -0.265 e. The van der Waals surface area contributed by atoms with E-state index in [1.54, 1.807) is 12.4 Å². The van der Waals surface area contributed by atoms with Crippen LogP contribution in [0.1, 0.15) is 11.1 Å². The Bertz CT molecular complexity index is 772. The molecular formula is C18H14N3+. The summed E-state index contributed by atoms with van der Waals surface area (Å²) in [6.07, 6.45) is 7.65. The Kier molecular flexibility index (Phi) is 3.70. The fourth-order valence-electron chi connectivity index (χ4n) is 2.26. The summed E-state index contributed by atoms with van der Waals surface area (Å²) in [6, 6.07) is 18.0. The van der Waals surface area contributed by atoms with Gasteiger partial charge in [-0.2, -0.15) is 5.26 Å². The molecule has 100 valence electrons. The number of benzene rings is 1. The van der Waals surface area contributed by atoms with E-state index >= 15 is 0 Å². The van der Waals surface area contributed by atoms with E-state index < -0.39 is 0 Å². The van der Waals surface area contributed by atoms with Crippen LogP contribution in [-0.2, 0) is 6.54 Å². The van der Waals surface area contributed by atoms with E-state index in [1.807, 2.05) is 48.8 Å². The fraction of sp³-hybridized carbons (Fsp3) is 0.0556. The van der Waals surface area contributed by atoms with Gasteiger partial charge in [-0.25, -0.2) is 4.57 Å². The van der Waals surface area contributed by atoms with Gasteiger partial charge in [0.25, 0.3) is 0 Å². The van der Waals surface area contributed by atoms with Crippen molar-refractivity contribution in [3.8, 4) is 17.2 Å². The third-order valence-corrected chi connectivity index (χ3v) is 3.40. The Morgan fingerprint density at radius 3 is 2.29 bits per heavy atom. The van der Waals surface area contributed by atoms with Crippen LogP contribution in [0.2, 0.25) is 0 Å². The van der Waals surface area contributed by atoms with E-state index in [0.29, 0.717) is 6.54 Å². The average Bonchev–Trinajstić information content (AvgIpc) is 2.57. The van der Waals surface area contributed by atoms with Crippen molar-refractivity contribution in [3.05, 3.63) is 84.4 Å². The SMILES string of the molecule is N#Cc1ccccc1C[n+]1ccc(-c2ccncc2)cc1. The van der Waals surface area contributed by atoms with E-state index in [2.05, 4.69) is 27.8 Å². The molecule has 1 aromatic carbocycles. The largest absolute Gasteiger partial charge is 0.265 e. The molecule has 0 spiro atoms. The van der Waals surface area contributed by atoms with E-state index in [4.69, 9.17) is 5.26 Å². The van der Waals surface area contributed by atoms with Crippen molar-refractivity contribution < 1.29 is 4.57 Å². The highest BCUT2D eigenvalue weighted by Gasteiger charge is 2.07. The molecule has 0 atom stereocenters. The first-order chi connectivity index (χ1) is 10.4. The molecule has 0 aliphatic rings. The Labute approximate surface area is 123 Å². The van der Waals surface area contributed by atoms with Crippen molar-refractivity contribution in [1.29, 1.82) is 5.26 Å². The zero-order chi connectivity index (χ0) is 14.5. The minimum absolute atomic E-state index is 0.695. The predicted molar refractivity (Wildman–Crippen MR) is 80.1 cm³/mol. The maximum Gasteiger partial charge on any atom is 0.175 e. The molecule has 3 nitrogen and oxygen atoms in total. The summed E-state index contributed by atoms with van der Waals surface area (Å²) < 4.78 is 2.07. The number of hydrogen-bond donors (Lipinski definition) is 0. The molecule has 3 aromatic rings. The van der Waals surface area contributed by atoms with Gasteiger partial charge in [0.05, 0.1) is 11.6 Å². The summed E-state index contributed by atoms with van der Waals surface area (Å²) in [5, 5.41) is 9.12. The fourth-order valence-corrected chi connectivity index (χ4v) is 2.26. The lowest BCUT2D eigenvalue weighted by Crippen LogP contribution is -2.33. The molecule has 3 heteroatoms. The minimum atomic E-state index is 0.695. The number of aromatic nitrogens is 2. The molecule has 3 rings (SSSR count). The van der Waals surface area contributed by atoms with Crippen LogP contribution < -0.4 is 4.57 Å². The number of nitriles is 1. The maximum absolute atomic E-state index is 9.12. The molecule has 0 bridgehead atoms. The Balaban J connectivity index is 1.84. The van der Waals surface area contributed by atoms with Crippen LogP contribution >= 0.6 is 0 Å². The normalized spacial score (nSPS) is 10.0. The van der Waals surface area contributed by atoms with Gasteiger partial charge >= 0.3 is 0 Å². The van der Waals surface area contributed by atoms with Crippen LogP contribution in [0.3, 0.4) is 0 Å². The third-order valence-electron chi connectivity index (χ3n) is 3.40. The highest BCUT2D eigenvalue weighted by Crippen LogP contribution is 2.16. The number of hydrogen-bond acceptors (Lipinski definition) is 2. The molecule has 0 fully saturated rings. The lowest BCUT2D eigenvalue weighted by molar-refractivity contribution is -0.688. The highest BCUT2D eigenvalue weighted by atomic mass is 14.9. The van der Waals surface area contributed by atoms with Crippen LogP contribution in [0.25, 0.3) is 11.1 Å². The van der Waals surface area contributed by atoms with Crippen molar-refractivity contribution in [2.75, 3.05) is 0 Å². The van der Waals surface area contributed by atoms with Gasteiger partial charge in [-0.15, -0.1) is 0 Å². The number of pyridine rings is 2. The van der Waals surface area contributed by atoms with Gasteiger partial charge in [0.2, 0.25) is 0 Å². The summed E-state index contributed by atoms with van der Waals surface area (Å²) >= 11 is 0. The molecule has 2 aromatic heterocycles. The first-order valence-electron chi connectivity index (χ1n) is 6.74. The summed E-state index contributed by atoms with van der Waals surface area (Å²) in [5.74, 6) is 0. The van der Waals surface area contributed by atoms with E-state index in [1.165, 1.54) is 0 Å². The van der Waals surface area contributed by atoms with Crippen LogP contribution in [0.15, 0.2) is 73.3 Å². The molecule has 0 amide bonds. The molecule has 0 radical (unpaired) electrons. The summed E-state index contributed by atoms with van der Waals surface area (Å²) in [7, 11) is 0. The van der Waals surface area contributed by atoms with Gasteiger partial charge in [0.1, 0.15) is 0 Å². The van der Waals surface area contributed by atoms with Gasteiger partial charge in [-0.05, 0) is 29.3 Å². The maximum atomic E-state index is 9.12. The van der Waals surface area contributed by atoms with Gasteiger partial charge in [-0.3, -0.25) is 4.98 Å². The first-order valence-corrected chi connectivity index (χ1v) is 6.74. The summed E-state index contributed by atoms with van der Waals surface area (Å²) in [4.78, 5) is 4.03. The summed E-state index contributed by atoms with van der Waals surface area (Å²) in [6.45, 7) is 0.695. The Hall–Kier alpha value is -2.99. The van der Waals surface area contributed by atoms with Crippen LogP contribution in [0.4, 0.5) is 0 Å². The standard InChI is InChI=1S/C18H14N3/c19-13-17-3-1-2-4-18(17)14-21-11-7-16(8-12-21)15-5-9-20-10-6-15/h1-12H,14H2/q+1. The predicted octanol–water partition coefficient (Wildman–Crippen LogP) is 2.96. The quantitative estimate of drug-likeness (QED) is 0.688. The van der Waals surface area contributed by atoms with E-state index in [-0.39, 0.29) is 0 Å². The van der Waals surface area contributed by atoms with Gasteiger partial charge in [0, 0.05) is 30.1 Å². The van der Waals surface area contributed by atoms with Gasteiger partial charge in [0.15, 0.2) is 18.9 Å². The lowest BCUT2D eigenvalue weighted by Gasteiger charge is -2.02.